The van der Waals surface area contributed by atoms with Crippen molar-refractivity contribution in [3.63, 3.8) is 0 Å². The molecule has 0 radical (unpaired) electrons. The Hall–Kier alpha value is -1.62. The molecule has 2 aliphatic heterocycles. The highest BCUT2D eigenvalue weighted by Crippen LogP contribution is 2.28. The number of nitrogens with one attached hydrogen (secondary N) is 1. The van der Waals surface area contributed by atoms with Crippen LogP contribution in [0.25, 0.3) is 0 Å². The van der Waals surface area contributed by atoms with Crippen LogP contribution in [-0.2, 0) is 0 Å². The number of carbonyl (C=O) groups is 1. The van der Waals surface area contributed by atoms with Crippen LogP contribution in [0.3, 0.4) is 0 Å². The van der Waals surface area contributed by atoms with E-state index in [1.807, 2.05) is 11.8 Å². The molecule has 2 fully saturated rings. The number of H-pyrrole nitrogens is 1. The van der Waals surface area contributed by atoms with Gasteiger partial charge < -0.3 is 9.88 Å². The van der Waals surface area contributed by atoms with Gasteiger partial charge >= 0.3 is 0 Å². The summed E-state index contributed by atoms with van der Waals surface area (Å²) in [7, 11) is 2.15. The maximum atomic E-state index is 12.6. The first-order chi connectivity index (χ1) is 9.56. The van der Waals surface area contributed by atoms with E-state index in [4.69, 9.17) is 0 Å². The van der Waals surface area contributed by atoms with Gasteiger partial charge in [0.05, 0.1) is 0 Å². The molecule has 5 heteroatoms. The molecule has 1 aromatic rings. The van der Waals surface area contributed by atoms with E-state index in [9.17, 15) is 9.59 Å². The second-order valence-corrected chi connectivity index (χ2v) is 5.98. The Labute approximate surface area is 118 Å². The molecule has 1 amide bonds. The zero-order valence-corrected chi connectivity index (χ0v) is 12.1. The molecular weight excluding hydrogens is 254 g/mol. The van der Waals surface area contributed by atoms with E-state index >= 15 is 0 Å². The molecule has 2 saturated heterocycles. The Kier molecular flexibility index (Phi) is 3.38. The van der Waals surface area contributed by atoms with E-state index in [0.717, 1.165) is 31.6 Å². The molecule has 1 N–H and O–H groups in total. The molecule has 0 aliphatic carbocycles. The van der Waals surface area contributed by atoms with Crippen LogP contribution in [0, 0.1) is 6.92 Å². The second kappa shape index (κ2) is 5.05. The maximum absolute atomic E-state index is 12.6. The van der Waals surface area contributed by atoms with Crippen molar-refractivity contribution in [1.82, 2.24) is 14.8 Å². The number of likely N-dealkylation sites (tertiary alicyclic amines) is 1. The lowest BCUT2D eigenvalue weighted by Crippen LogP contribution is -2.41. The third-order valence-electron chi connectivity index (χ3n) is 4.72. The quantitative estimate of drug-likeness (QED) is 0.831. The second-order valence-electron chi connectivity index (χ2n) is 5.98. The molecule has 2 bridgehead atoms. The molecule has 2 aliphatic rings. The van der Waals surface area contributed by atoms with Gasteiger partial charge in [0.15, 0.2) is 5.43 Å². The van der Waals surface area contributed by atoms with E-state index in [-0.39, 0.29) is 16.9 Å². The minimum Gasteiger partial charge on any atom is -0.364 e. The summed E-state index contributed by atoms with van der Waals surface area (Å²) in [5.74, 6) is -0.132. The summed E-state index contributed by atoms with van der Waals surface area (Å²) in [5.41, 5.74) is 0.853. The molecule has 20 heavy (non-hydrogen) atoms. The largest absolute Gasteiger partial charge is 0.364 e. The first-order valence-corrected chi connectivity index (χ1v) is 7.27. The van der Waals surface area contributed by atoms with Crippen molar-refractivity contribution in [1.29, 1.82) is 0 Å². The highest BCUT2D eigenvalue weighted by molar-refractivity contribution is 5.93. The van der Waals surface area contributed by atoms with Crippen molar-refractivity contribution in [2.24, 2.45) is 0 Å². The standard InChI is InChI=1S/C15H21N3O2/c1-10-7-14(19)13(8-16-10)15(20)18-6-5-11-3-4-12(9-18)17(11)2/h7-8,11-12H,3-6,9H2,1-2H3,(H,16,19). The SMILES string of the molecule is Cc1cc(=O)c(C(=O)N2CCC3CCC(C2)N3C)c[nH]1. The van der Waals surface area contributed by atoms with Gasteiger partial charge in [-0.3, -0.25) is 14.5 Å². The van der Waals surface area contributed by atoms with E-state index < -0.39 is 0 Å². The number of aromatic nitrogens is 1. The van der Waals surface area contributed by atoms with Gasteiger partial charge in [-0.15, -0.1) is 0 Å². The van der Waals surface area contributed by atoms with Crippen molar-refractivity contribution in [3.8, 4) is 0 Å². The Bertz CT molecular complexity index is 581. The fourth-order valence-corrected chi connectivity index (χ4v) is 3.40. The fraction of sp³-hybridized carbons (Fsp3) is 0.600. The average Bonchev–Trinajstić information content (AvgIpc) is 2.62. The molecule has 108 valence electrons. The number of hydrogen-bond acceptors (Lipinski definition) is 3. The number of aryl methyl sites for hydroxylation is 1. The van der Waals surface area contributed by atoms with E-state index in [0.29, 0.717) is 12.1 Å². The summed E-state index contributed by atoms with van der Waals surface area (Å²) >= 11 is 0. The fourth-order valence-electron chi connectivity index (χ4n) is 3.40. The Morgan fingerprint density at radius 1 is 1.30 bits per heavy atom. The zero-order chi connectivity index (χ0) is 14.3. The average molecular weight is 275 g/mol. The molecule has 2 atom stereocenters. The maximum Gasteiger partial charge on any atom is 0.259 e. The number of nitrogens with zero attached hydrogens (tertiary/aromatic N) is 2. The number of rotatable bonds is 1. The summed E-state index contributed by atoms with van der Waals surface area (Å²) in [6, 6.07) is 2.52. The Morgan fingerprint density at radius 3 is 2.80 bits per heavy atom. The van der Waals surface area contributed by atoms with Gasteiger partial charge in [-0.05, 0) is 33.2 Å². The summed E-state index contributed by atoms with van der Waals surface area (Å²) in [4.78, 5) is 31.7. The number of likely N-dealkylation sites (N-methyl/N-ethyl adjacent to an activating group) is 1. The topological polar surface area (TPSA) is 56.4 Å². The first-order valence-electron chi connectivity index (χ1n) is 7.27. The van der Waals surface area contributed by atoms with E-state index in [2.05, 4.69) is 16.9 Å². The lowest BCUT2D eigenvalue weighted by molar-refractivity contribution is 0.0738. The minimum absolute atomic E-state index is 0.132. The van der Waals surface area contributed by atoms with Crippen LogP contribution in [0.1, 0.15) is 35.3 Å². The normalized spacial score (nSPS) is 26.6. The van der Waals surface area contributed by atoms with Crippen LogP contribution in [0.4, 0.5) is 0 Å². The van der Waals surface area contributed by atoms with Crippen molar-refractivity contribution in [3.05, 3.63) is 33.7 Å². The predicted molar refractivity (Wildman–Crippen MR) is 76.9 cm³/mol. The number of amides is 1. The third-order valence-corrected chi connectivity index (χ3v) is 4.72. The molecule has 2 unspecified atom stereocenters. The summed E-state index contributed by atoms with van der Waals surface area (Å²) in [5, 5.41) is 0. The zero-order valence-electron chi connectivity index (χ0n) is 12.1. The van der Waals surface area contributed by atoms with Crippen molar-refractivity contribution >= 4 is 5.91 Å². The van der Waals surface area contributed by atoms with Crippen LogP contribution < -0.4 is 5.43 Å². The molecule has 0 saturated carbocycles. The molecule has 3 rings (SSSR count). The highest BCUT2D eigenvalue weighted by Gasteiger charge is 2.36. The number of carbonyl (C=O) groups excluding carboxylic acids is 1. The Morgan fingerprint density at radius 2 is 2.05 bits per heavy atom. The van der Waals surface area contributed by atoms with Crippen LogP contribution in [0.2, 0.25) is 0 Å². The molecule has 1 aromatic heterocycles. The minimum atomic E-state index is -0.186. The monoisotopic (exact) mass is 275 g/mol. The van der Waals surface area contributed by atoms with E-state index in [1.54, 1.807) is 6.20 Å². The lowest BCUT2D eigenvalue weighted by Gasteiger charge is -2.25. The van der Waals surface area contributed by atoms with Gasteiger partial charge in [0, 0.05) is 43.1 Å². The van der Waals surface area contributed by atoms with Gasteiger partial charge in [-0.2, -0.15) is 0 Å². The van der Waals surface area contributed by atoms with Gasteiger partial charge in [-0.25, -0.2) is 0 Å². The van der Waals surface area contributed by atoms with E-state index in [1.165, 1.54) is 12.5 Å². The molecular formula is C15H21N3O2. The first kappa shape index (κ1) is 13.4. The lowest BCUT2D eigenvalue weighted by atomic mass is 10.1. The van der Waals surface area contributed by atoms with Gasteiger partial charge in [-0.1, -0.05) is 0 Å². The molecule has 0 aromatic carbocycles. The predicted octanol–water partition coefficient (Wildman–Crippen LogP) is 0.992. The van der Waals surface area contributed by atoms with Crippen LogP contribution in [-0.4, -0.2) is 52.9 Å². The number of fused-ring (bicyclic) bond motifs is 2. The number of hydrogen-bond donors (Lipinski definition) is 1. The van der Waals surface area contributed by atoms with Crippen molar-refractivity contribution < 1.29 is 4.79 Å². The summed E-state index contributed by atoms with van der Waals surface area (Å²) in [6.07, 6.45) is 4.93. The number of pyridine rings is 1. The highest BCUT2D eigenvalue weighted by atomic mass is 16.2. The molecule has 3 heterocycles. The molecule has 5 nitrogen and oxygen atoms in total. The summed E-state index contributed by atoms with van der Waals surface area (Å²) in [6.45, 7) is 3.30. The van der Waals surface area contributed by atoms with Gasteiger partial charge in [0.1, 0.15) is 5.56 Å². The van der Waals surface area contributed by atoms with Crippen LogP contribution in [0.15, 0.2) is 17.1 Å². The summed E-state index contributed by atoms with van der Waals surface area (Å²) < 4.78 is 0. The molecule has 0 spiro atoms. The third kappa shape index (κ3) is 2.26. The van der Waals surface area contributed by atoms with Gasteiger partial charge in [0.25, 0.3) is 5.91 Å². The van der Waals surface area contributed by atoms with Crippen molar-refractivity contribution in [2.45, 2.75) is 38.3 Å². The Balaban J connectivity index is 1.82. The van der Waals surface area contributed by atoms with Crippen molar-refractivity contribution in [2.75, 3.05) is 20.1 Å². The van der Waals surface area contributed by atoms with Crippen LogP contribution in [0.5, 0.6) is 0 Å². The van der Waals surface area contributed by atoms with Gasteiger partial charge in [0.2, 0.25) is 0 Å². The smallest absolute Gasteiger partial charge is 0.259 e. The van der Waals surface area contributed by atoms with Crippen LogP contribution >= 0.6 is 0 Å². The number of aromatic amines is 1.